The molecule has 0 aromatic heterocycles. The van der Waals surface area contributed by atoms with Gasteiger partial charge in [-0.15, -0.1) is 0 Å². The number of piperidine rings is 1. The predicted octanol–water partition coefficient (Wildman–Crippen LogP) is 2.14. The van der Waals surface area contributed by atoms with Gasteiger partial charge in [0, 0.05) is 5.56 Å². The quantitative estimate of drug-likeness (QED) is 0.751. The second kappa shape index (κ2) is 4.77. The van der Waals surface area contributed by atoms with Crippen LogP contribution in [0.2, 0.25) is 0 Å². The van der Waals surface area contributed by atoms with E-state index in [-0.39, 0.29) is 6.73 Å². The molecular weight excluding hydrogens is 186 g/mol. The van der Waals surface area contributed by atoms with Gasteiger partial charge in [0.15, 0.2) is 6.73 Å². The molecule has 1 N–H and O–H groups in total. The molecule has 0 atom stereocenters. The van der Waals surface area contributed by atoms with Crippen molar-refractivity contribution in [2.24, 2.45) is 0 Å². The molecule has 0 amide bonds. The summed E-state index contributed by atoms with van der Waals surface area (Å²) >= 11 is 0. The van der Waals surface area contributed by atoms with Gasteiger partial charge in [-0.05, 0) is 19.3 Å². The summed E-state index contributed by atoms with van der Waals surface area (Å²) in [5.41, 5.74) is 1.34. The van der Waals surface area contributed by atoms with Crippen molar-refractivity contribution in [1.82, 2.24) is 0 Å². The van der Waals surface area contributed by atoms with E-state index < -0.39 is 0 Å². The van der Waals surface area contributed by atoms with Crippen molar-refractivity contribution >= 4 is 0 Å². The van der Waals surface area contributed by atoms with E-state index in [1.54, 1.807) is 0 Å². The van der Waals surface area contributed by atoms with Crippen molar-refractivity contribution in [1.29, 1.82) is 0 Å². The van der Waals surface area contributed by atoms with E-state index in [1.807, 2.05) is 6.07 Å². The van der Waals surface area contributed by atoms with Crippen LogP contribution in [0.15, 0.2) is 30.3 Å². The zero-order chi connectivity index (χ0) is 10.6. The standard InChI is InChI=1S/C13H20NO/c15-12-14(9-5-2-6-10-14)11-13-7-3-1-4-8-13/h1,3-4,7-8,15H,2,5-6,9-12H2/q+1. The molecule has 2 nitrogen and oxygen atoms in total. The van der Waals surface area contributed by atoms with Gasteiger partial charge in [0.05, 0.1) is 13.1 Å². The lowest BCUT2D eigenvalue weighted by Gasteiger charge is -2.39. The highest BCUT2D eigenvalue weighted by atomic mass is 16.3. The van der Waals surface area contributed by atoms with Crippen molar-refractivity contribution in [3.63, 3.8) is 0 Å². The van der Waals surface area contributed by atoms with E-state index in [2.05, 4.69) is 24.3 Å². The number of nitrogens with zero attached hydrogens (tertiary/aromatic N) is 1. The number of benzene rings is 1. The Balaban J connectivity index is 2.07. The van der Waals surface area contributed by atoms with Gasteiger partial charge < -0.3 is 5.11 Å². The molecule has 0 aliphatic carbocycles. The Morgan fingerprint density at radius 1 is 1.00 bits per heavy atom. The Kier molecular flexibility index (Phi) is 3.39. The monoisotopic (exact) mass is 206 g/mol. The van der Waals surface area contributed by atoms with Gasteiger partial charge in [-0.1, -0.05) is 30.3 Å². The zero-order valence-corrected chi connectivity index (χ0v) is 9.23. The molecule has 1 saturated heterocycles. The fourth-order valence-electron chi connectivity index (χ4n) is 2.50. The number of hydrogen-bond donors (Lipinski definition) is 1. The van der Waals surface area contributed by atoms with Crippen LogP contribution in [0.25, 0.3) is 0 Å². The third-order valence-corrected chi connectivity index (χ3v) is 3.43. The van der Waals surface area contributed by atoms with Crippen LogP contribution < -0.4 is 0 Å². The van der Waals surface area contributed by atoms with Crippen molar-refractivity contribution in [3.8, 4) is 0 Å². The summed E-state index contributed by atoms with van der Waals surface area (Å²) in [6.45, 7) is 3.53. The molecule has 0 spiro atoms. The van der Waals surface area contributed by atoms with Crippen LogP contribution in [0.1, 0.15) is 24.8 Å². The van der Waals surface area contributed by atoms with Crippen molar-refractivity contribution in [2.45, 2.75) is 25.8 Å². The first-order valence-corrected chi connectivity index (χ1v) is 5.85. The van der Waals surface area contributed by atoms with Crippen LogP contribution in [0.5, 0.6) is 0 Å². The molecule has 1 aromatic carbocycles. The Morgan fingerprint density at radius 3 is 2.27 bits per heavy atom. The maximum Gasteiger partial charge on any atom is 0.180 e. The second-order valence-electron chi connectivity index (χ2n) is 4.63. The summed E-state index contributed by atoms with van der Waals surface area (Å²) in [6, 6.07) is 10.5. The summed E-state index contributed by atoms with van der Waals surface area (Å²) in [4.78, 5) is 0. The molecule has 2 heteroatoms. The number of hydrogen-bond acceptors (Lipinski definition) is 1. The van der Waals surface area contributed by atoms with Gasteiger partial charge in [0.25, 0.3) is 0 Å². The SMILES string of the molecule is OC[N+]1(Cc2ccccc2)CCCCC1. The van der Waals surface area contributed by atoms with Crippen molar-refractivity contribution in [3.05, 3.63) is 35.9 Å². The molecule has 1 heterocycles. The minimum atomic E-state index is 0.287. The summed E-state index contributed by atoms with van der Waals surface area (Å²) in [7, 11) is 0. The number of likely N-dealkylation sites (tertiary alicyclic amines) is 1. The lowest BCUT2D eigenvalue weighted by atomic mass is 10.1. The lowest BCUT2D eigenvalue weighted by Crippen LogP contribution is -2.51. The molecular formula is C13H20NO+. The summed E-state index contributed by atoms with van der Waals surface area (Å²) in [5.74, 6) is 0. The summed E-state index contributed by atoms with van der Waals surface area (Å²) < 4.78 is 0.865. The highest BCUT2D eigenvalue weighted by Gasteiger charge is 2.28. The molecule has 2 rings (SSSR count). The van der Waals surface area contributed by atoms with Crippen molar-refractivity contribution in [2.75, 3.05) is 19.8 Å². The molecule has 1 aliphatic heterocycles. The molecule has 0 unspecified atom stereocenters. The molecule has 1 fully saturated rings. The zero-order valence-electron chi connectivity index (χ0n) is 9.23. The molecule has 1 aromatic rings. The molecule has 82 valence electrons. The number of quaternary nitrogens is 1. The second-order valence-corrected chi connectivity index (χ2v) is 4.63. The Labute approximate surface area is 91.7 Å². The average Bonchev–Trinajstić information content (AvgIpc) is 2.32. The van der Waals surface area contributed by atoms with Crippen LogP contribution in [0.4, 0.5) is 0 Å². The van der Waals surface area contributed by atoms with Crippen LogP contribution in [-0.2, 0) is 6.54 Å². The van der Waals surface area contributed by atoms with E-state index in [1.165, 1.54) is 24.8 Å². The van der Waals surface area contributed by atoms with E-state index in [0.717, 1.165) is 24.1 Å². The molecule has 15 heavy (non-hydrogen) atoms. The van der Waals surface area contributed by atoms with Gasteiger partial charge in [-0.2, -0.15) is 0 Å². The number of rotatable bonds is 3. The molecule has 0 bridgehead atoms. The predicted molar refractivity (Wildman–Crippen MR) is 61.1 cm³/mol. The Bertz CT molecular complexity index is 291. The lowest BCUT2D eigenvalue weighted by molar-refractivity contribution is -0.961. The van der Waals surface area contributed by atoms with Gasteiger partial charge in [-0.25, -0.2) is 0 Å². The number of aliphatic hydroxyl groups is 1. The Morgan fingerprint density at radius 2 is 1.67 bits per heavy atom. The minimum Gasteiger partial charge on any atom is -0.347 e. The molecule has 0 saturated carbocycles. The van der Waals surface area contributed by atoms with Gasteiger partial charge >= 0.3 is 0 Å². The molecule has 0 radical (unpaired) electrons. The maximum atomic E-state index is 9.58. The topological polar surface area (TPSA) is 20.2 Å². The highest BCUT2D eigenvalue weighted by molar-refractivity contribution is 5.13. The van der Waals surface area contributed by atoms with Gasteiger partial charge in [-0.3, -0.25) is 4.48 Å². The molecule has 1 aliphatic rings. The van der Waals surface area contributed by atoms with Crippen LogP contribution in [0.3, 0.4) is 0 Å². The largest absolute Gasteiger partial charge is 0.347 e. The number of aliphatic hydroxyl groups excluding tert-OH is 1. The first kappa shape index (κ1) is 10.7. The first-order chi connectivity index (χ1) is 7.35. The van der Waals surface area contributed by atoms with Crippen LogP contribution in [-0.4, -0.2) is 29.4 Å². The van der Waals surface area contributed by atoms with E-state index in [4.69, 9.17) is 0 Å². The first-order valence-electron chi connectivity index (χ1n) is 5.85. The Hall–Kier alpha value is -0.860. The third kappa shape index (κ3) is 2.58. The fourth-order valence-corrected chi connectivity index (χ4v) is 2.50. The maximum absolute atomic E-state index is 9.58. The van der Waals surface area contributed by atoms with E-state index in [0.29, 0.717) is 0 Å². The van der Waals surface area contributed by atoms with Gasteiger partial charge in [0.1, 0.15) is 6.54 Å². The summed E-state index contributed by atoms with van der Waals surface area (Å²) in [6.07, 6.45) is 3.84. The smallest absolute Gasteiger partial charge is 0.180 e. The minimum absolute atomic E-state index is 0.287. The third-order valence-electron chi connectivity index (χ3n) is 3.43. The highest BCUT2D eigenvalue weighted by Crippen LogP contribution is 2.21. The van der Waals surface area contributed by atoms with Crippen LogP contribution in [0, 0.1) is 0 Å². The van der Waals surface area contributed by atoms with Crippen LogP contribution >= 0.6 is 0 Å². The summed E-state index contributed by atoms with van der Waals surface area (Å²) in [5, 5.41) is 9.58. The van der Waals surface area contributed by atoms with Gasteiger partial charge in [0.2, 0.25) is 0 Å². The average molecular weight is 206 g/mol. The fraction of sp³-hybridized carbons (Fsp3) is 0.538. The van der Waals surface area contributed by atoms with E-state index >= 15 is 0 Å². The van der Waals surface area contributed by atoms with Crippen molar-refractivity contribution < 1.29 is 9.59 Å². The van der Waals surface area contributed by atoms with E-state index in [9.17, 15) is 5.11 Å². The normalized spacial score (nSPS) is 20.1.